The minimum Gasteiger partial charge on any atom is -0.378 e. The molecule has 160 valence electrons. The van der Waals surface area contributed by atoms with Crippen molar-refractivity contribution in [3.8, 4) is 0 Å². The molecule has 4 N–H and O–H groups in total. The highest BCUT2D eigenvalue weighted by molar-refractivity contribution is 7.88. The molecular formula is C21H22N6O2S2. The number of thiazole rings is 1. The molecule has 0 bridgehead atoms. The fraction of sp³-hybridized carbons (Fsp3) is 0.333. The van der Waals surface area contributed by atoms with Gasteiger partial charge in [-0.1, -0.05) is 17.4 Å². The topological polar surface area (TPSA) is 117 Å². The molecule has 4 aromatic rings. The number of aromatic amines is 1. The van der Waals surface area contributed by atoms with E-state index in [1.54, 1.807) is 10.5 Å². The van der Waals surface area contributed by atoms with Gasteiger partial charge in [-0.2, -0.15) is 9.40 Å². The Labute approximate surface area is 183 Å². The highest BCUT2D eigenvalue weighted by atomic mass is 32.2. The zero-order chi connectivity index (χ0) is 21.3. The maximum absolute atomic E-state index is 12.8. The Kier molecular flexibility index (Phi) is 4.08. The zero-order valence-electron chi connectivity index (χ0n) is 16.9. The number of piperidine rings is 1. The Morgan fingerprint density at radius 3 is 2.97 bits per heavy atom. The second-order valence-electron chi connectivity index (χ2n) is 8.38. The van der Waals surface area contributed by atoms with Gasteiger partial charge in [0.2, 0.25) is 10.0 Å². The molecule has 0 unspecified atom stereocenters. The van der Waals surface area contributed by atoms with Crippen LogP contribution in [0, 0.1) is 5.92 Å². The van der Waals surface area contributed by atoms with Gasteiger partial charge < -0.3 is 11.1 Å². The lowest BCUT2D eigenvalue weighted by molar-refractivity contribution is 0.154. The summed E-state index contributed by atoms with van der Waals surface area (Å²) < 4.78 is 28.3. The van der Waals surface area contributed by atoms with E-state index in [-0.39, 0.29) is 18.0 Å². The average Bonchev–Trinajstić information content (AvgIpc) is 3.36. The number of aromatic nitrogens is 3. The molecule has 2 aromatic heterocycles. The monoisotopic (exact) mass is 454 g/mol. The Bertz CT molecular complexity index is 1430. The van der Waals surface area contributed by atoms with Crippen molar-refractivity contribution in [3.63, 3.8) is 0 Å². The number of hydrogen-bond donors (Lipinski definition) is 3. The Balaban J connectivity index is 1.56. The highest BCUT2D eigenvalue weighted by Gasteiger charge is 2.46. The van der Waals surface area contributed by atoms with E-state index in [0.29, 0.717) is 11.7 Å². The molecule has 3 atom stereocenters. The first-order valence-corrected chi connectivity index (χ1v) is 12.9. The van der Waals surface area contributed by atoms with Crippen LogP contribution in [0.3, 0.4) is 0 Å². The molecule has 0 spiro atoms. The maximum atomic E-state index is 12.8. The number of nitrogens with zero attached hydrogens (tertiary/aromatic N) is 3. The minimum absolute atomic E-state index is 0.0147. The van der Waals surface area contributed by atoms with E-state index in [4.69, 9.17) is 5.73 Å². The van der Waals surface area contributed by atoms with Crippen LogP contribution in [0.25, 0.3) is 21.1 Å². The lowest BCUT2D eigenvalue weighted by Crippen LogP contribution is -2.47. The second-order valence-corrected chi connectivity index (χ2v) is 11.4. The summed E-state index contributed by atoms with van der Waals surface area (Å²) in [6.45, 7) is 0.533. The number of rotatable bonds is 2. The van der Waals surface area contributed by atoms with Crippen LogP contribution >= 0.6 is 11.3 Å². The van der Waals surface area contributed by atoms with Gasteiger partial charge in [0.1, 0.15) is 0 Å². The van der Waals surface area contributed by atoms with Crippen LogP contribution in [0.4, 0.5) is 10.8 Å². The van der Waals surface area contributed by atoms with Gasteiger partial charge in [0, 0.05) is 29.1 Å². The number of nitrogen functional groups attached to an aromatic ring is 1. The molecule has 8 nitrogen and oxygen atoms in total. The summed E-state index contributed by atoms with van der Waals surface area (Å²) in [5.41, 5.74) is 10.8. The average molecular weight is 455 g/mol. The summed E-state index contributed by atoms with van der Waals surface area (Å²) in [7, 11) is -3.38. The third kappa shape index (κ3) is 2.93. The zero-order valence-corrected chi connectivity index (χ0v) is 18.5. The predicted molar refractivity (Wildman–Crippen MR) is 124 cm³/mol. The molecule has 0 aliphatic carbocycles. The van der Waals surface area contributed by atoms with Crippen LogP contribution in [0.15, 0.2) is 36.5 Å². The normalized spacial score (nSPS) is 24.1. The smallest absolute Gasteiger partial charge is 0.211 e. The maximum Gasteiger partial charge on any atom is 0.211 e. The van der Waals surface area contributed by atoms with Gasteiger partial charge in [-0.15, -0.1) is 0 Å². The van der Waals surface area contributed by atoms with Crippen LogP contribution < -0.4 is 11.1 Å². The van der Waals surface area contributed by atoms with Crippen LogP contribution in [0.2, 0.25) is 0 Å². The van der Waals surface area contributed by atoms with E-state index >= 15 is 0 Å². The summed E-state index contributed by atoms with van der Waals surface area (Å²) >= 11 is 1.47. The first-order chi connectivity index (χ1) is 14.9. The van der Waals surface area contributed by atoms with Gasteiger partial charge in [-0.3, -0.25) is 5.10 Å². The fourth-order valence-corrected chi connectivity index (χ4v) is 7.23. The first kappa shape index (κ1) is 19.0. The molecule has 1 fully saturated rings. The summed E-state index contributed by atoms with van der Waals surface area (Å²) in [5.74, 6) is 0.0965. The van der Waals surface area contributed by atoms with Crippen molar-refractivity contribution >= 4 is 53.3 Å². The van der Waals surface area contributed by atoms with E-state index in [0.717, 1.165) is 50.8 Å². The van der Waals surface area contributed by atoms with Crippen molar-refractivity contribution in [3.05, 3.63) is 47.7 Å². The van der Waals surface area contributed by atoms with E-state index in [1.807, 2.05) is 18.2 Å². The Morgan fingerprint density at radius 2 is 2.13 bits per heavy atom. The molecule has 2 aromatic carbocycles. The van der Waals surface area contributed by atoms with Gasteiger partial charge >= 0.3 is 0 Å². The van der Waals surface area contributed by atoms with E-state index < -0.39 is 10.0 Å². The van der Waals surface area contributed by atoms with Crippen LogP contribution in [-0.2, 0) is 10.0 Å². The third-order valence-electron chi connectivity index (χ3n) is 6.55. The molecule has 2 aliphatic rings. The summed E-state index contributed by atoms with van der Waals surface area (Å²) in [6, 6.07) is 9.98. The van der Waals surface area contributed by atoms with Crippen molar-refractivity contribution in [2.75, 3.05) is 23.9 Å². The molecular weight excluding hydrogens is 432 g/mol. The Morgan fingerprint density at radius 1 is 1.26 bits per heavy atom. The van der Waals surface area contributed by atoms with E-state index in [1.165, 1.54) is 17.6 Å². The van der Waals surface area contributed by atoms with Crippen molar-refractivity contribution in [2.24, 2.45) is 5.92 Å². The van der Waals surface area contributed by atoms with Crippen molar-refractivity contribution in [1.29, 1.82) is 0 Å². The lowest BCUT2D eigenvalue weighted by atomic mass is 9.74. The van der Waals surface area contributed by atoms with E-state index in [2.05, 4.69) is 32.6 Å². The summed E-state index contributed by atoms with van der Waals surface area (Å²) in [4.78, 5) is 4.37. The fourth-order valence-electron chi connectivity index (χ4n) is 5.31. The minimum atomic E-state index is -3.38. The standard InChI is InChI=1S/C21H22N6O2S2/c1-31(28,29)27-8-2-3-12-19(11-4-5-15-17(9-11)30-21(22)25-15)24-16-7-6-14-13(10-23-26-14)18(16)20(12)27/h4-7,9-10,12,19-20,24H,2-3,8H2,1H3,(H2,22,25)(H,23,26)/t12-,19-,20-/m0/s1. The number of H-pyrrole nitrogens is 1. The van der Waals surface area contributed by atoms with Crippen molar-refractivity contribution < 1.29 is 8.42 Å². The van der Waals surface area contributed by atoms with E-state index in [9.17, 15) is 8.42 Å². The summed E-state index contributed by atoms with van der Waals surface area (Å²) in [6.07, 6.45) is 4.88. The lowest BCUT2D eigenvalue weighted by Gasteiger charge is -2.48. The van der Waals surface area contributed by atoms with Crippen molar-refractivity contribution in [1.82, 2.24) is 19.5 Å². The highest BCUT2D eigenvalue weighted by Crippen LogP contribution is 2.53. The number of nitrogens with one attached hydrogen (secondary N) is 2. The molecule has 0 amide bonds. The van der Waals surface area contributed by atoms with Gasteiger partial charge in [-0.05, 0) is 42.7 Å². The number of anilines is 2. The largest absolute Gasteiger partial charge is 0.378 e. The number of sulfonamides is 1. The molecule has 0 saturated carbocycles. The SMILES string of the molecule is CS(=O)(=O)N1CCC[C@@H]2[C@H]1c1c(ccc3[nH]ncc13)N[C@H]2c1ccc2nc(N)sc2c1. The first-order valence-electron chi connectivity index (χ1n) is 10.3. The Hall–Kier alpha value is -2.69. The molecule has 2 aliphatic heterocycles. The number of nitrogens with two attached hydrogens (primary N) is 1. The number of fused-ring (bicyclic) bond motifs is 6. The number of benzene rings is 2. The van der Waals surface area contributed by atoms with Crippen LogP contribution in [-0.4, -0.2) is 40.7 Å². The molecule has 4 heterocycles. The molecule has 0 radical (unpaired) electrons. The second kappa shape index (κ2) is 6.65. The molecule has 1 saturated heterocycles. The third-order valence-corrected chi connectivity index (χ3v) is 8.66. The van der Waals surface area contributed by atoms with Gasteiger partial charge in [0.05, 0.1) is 40.3 Å². The molecule has 6 rings (SSSR count). The molecule has 10 heteroatoms. The number of hydrogen-bond acceptors (Lipinski definition) is 7. The predicted octanol–water partition coefficient (Wildman–Crippen LogP) is 3.63. The van der Waals surface area contributed by atoms with Crippen molar-refractivity contribution in [2.45, 2.75) is 24.9 Å². The van der Waals surface area contributed by atoms with Gasteiger partial charge in [0.15, 0.2) is 5.13 Å². The van der Waals surface area contributed by atoms with Gasteiger partial charge in [-0.25, -0.2) is 13.4 Å². The quantitative estimate of drug-likeness (QED) is 0.426. The van der Waals surface area contributed by atoms with Gasteiger partial charge in [0.25, 0.3) is 0 Å². The van der Waals surface area contributed by atoms with Crippen LogP contribution in [0.5, 0.6) is 0 Å². The summed E-state index contributed by atoms with van der Waals surface area (Å²) in [5, 5.41) is 12.5. The molecule has 31 heavy (non-hydrogen) atoms. The van der Waals surface area contributed by atoms with Crippen LogP contribution in [0.1, 0.15) is 36.1 Å².